The lowest BCUT2D eigenvalue weighted by Gasteiger charge is -2.06. The molecule has 0 unspecified atom stereocenters. The highest BCUT2D eigenvalue weighted by atomic mass is 19.1. The van der Waals surface area contributed by atoms with Crippen LogP contribution in [0, 0.1) is 5.82 Å². The standard InChI is InChI=1S/C13H17FO/c1-3-5-9-15-13-8-7-11(6-4-2)10-12(13)14/h3,5,7-8,10H,4,6,9H2,1-2H3. The zero-order valence-electron chi connectivity index (χ0n) is 9.29. The van der Waals surface area contributed by atoms with Gasteiger partial charge in [-0.1, -0.05) is 31.6 Å². The van der Waals surface area contributed by atoms with Gasteiger partial charge in [0.15, 0.2) is 11.6 Å². The Hall–Kier alpha value is -1.31. The van der Waals surface area contributed by atoms with E-state index < -0.39 is 0 Å². The highest BCUT2D eigenvalue weighted by Gasteiger charge is 2.03. The number of ether oxygens (including phenoxy) is 1. The molecular weight excluding hydrogens is 191 g/mol. The Kier molecular flexibility index (Phi) is 4.88. The van der Waals surface area contributed by atoms with E-state index in [1.165, 1.54) is 0 Å². The molecule has 0 fully saturated rings. The molecule has 0 N–H and O–H groups in total. The van der Waals surface area contributed by atoms with Crippen LogP contribution in [-0.2, 0) is 6.42 Å². The molecule has 0 heterocycles. The number of allylic oxidation sites excluding steroid dienone is 1. The van der Waals surface area contributed by atoms with Crippen LogP contribution in [0.3, 0.4) is 0 Å². The third-order valence-electron chi connectivity index (χ3n) is 2.11. The number of benzene rings is 1. The molecule has 1 aromatic rings. The fourth-order valence-electron chi connectivity index (χ4n) is 1.34. The van der Waals surface area contributed by atoms with Gasteiger partial charge in [-0.2, -0.15) is 0 Å². The van der Waals surface area contributed by atoms with E-state index in [4.69, 9.17) is 4.74 Å². The van der Waals surface area contributed by atoms with Crippen molar-refractivity contribution in [3.8, 4) is 5.75 Å². The Morgan fingerprint density at radius 2 is 2.20 bits per heavy atom. The topological polar surface area (TPSA) is 9.23 Å². The molecule has 0 bridgehead atoms. The highest BCUT2D eigenvalue weighted by Crippen LogP contribution is 2.19. The first-order valence-electron chi connectivity index (χ1n) is 5.30. The van der Waals surface area contributed by atoms with Gasteiger partial charge in [0.2, 0.25) is 0 Å². The highest BCUT2D eigenvalue weighted by molar-refractivity contribution is 5.29. The largest absolute Gasteiger partial charge is 0.486 e. The number of hydrogen-bond acceptors (Lipinski definition) is 1. The summed E-state index contributed by atoms with van der Waals surface area (Å²) in [6.07, 6.45) is 5.66. The van der Waals surface area contributed by atoms with E-state index in [9.17, 15) is 4.39 Å². The predicted octanol–water partition coefficient (Wildman–Crippen LogP) is 3.73. The summed E-state index contributed by atoms with van der Waals surface area (Å²) in [6, 6.07) is 5.16. The molecule has 0 saturated carbocycles. The van der Waals surface area contributed by atoms with Crippen LogP contribution in [0.4, 0.5) is 4.39 Å². The van der Waals surface area contributed by atoms with Gasteiger partial charge < -0.3 is 4.74 Å². The van der Waals surface area contributed by atoms with E-state index >= 15 is 0 Å². The summed E-state index contributed by atoms with van der Waals surface area (Å²) in [5.74, 6) is 0.0541. The third-order valence-corrected chi connectivity index (χ3v) is 2.11. The van der Waals surface area contributed by atoms with Crippen LogP contribution in [0.15, 0.2) is 30.4 Å². The fourth-order valence-corrected chi connectivity index (χ4v) is 1.34. The molecule has 0 aliphatic rings. The number of hydrogen-bond donors (Lipinski definition) is 0. The number of aryl methyl sites for hydroxylation is 1. The Balaban J connectivity index is 2.65. The van der Waals surface area contributed by atoms with Crippen molar-refractivity contribution in [1.29, 1.82) is 0 Å². The number of halogens is 1. The summed E-state index contributed by atoms with van der Waals surface area (Å²) >= 11 is 0. The molecule has 0 aromatic heterocycles. The second-order valence-electron chi connectivity index (χ2n) is 3.39. The molecule has 1 nitrogen and oxygen atoms in total. The fraction of sp³-hybridized carbons (Fsp3) is 0.385. The van der Waals surface area contributed by atoms with E-state index in [0.717, 1.165) is 18.4 Å². The Morgan fingerprint density at radius 1 is 1.40 bits per heavy atom. The van der Waals surface area contributed by atoms with E-state index in [2.05, 4.69) is 6.92 Å². The minimum atomic E-state index is -0.273. The van der Waals surface area contributed by atoms with Gasteiger partial charge in [0.25, 0.3) is 0 Å². The van der Waals surface area contributed by atoms with Crippen LogP contribution < -0.4 is 4.74 Å². The van der Waals surface area contributed by atoms with Crippen LogP contribution in [0.5, 0.6) is 5.75 Å². The number of rotatable bonds is 5. The van der Waals surface area contributed by atoms with Gasteiger partial charge in [-0.05, 0) is 31.0 Å². The van der Waals surface area contributed by atoms with Crippen molar-refractivity contribution in [3.05, 3.63) is 41.7 Å². The molecule has 1 aromatic carbocycles. The SMILES string of the molecule is CC=CCOc1ccc(CCC)cc1F. The molecular formula is C13H17FO. The second-order valence-corrected chi connectivity index (χ2v) is 3.39. The van der Waals surface area contributed by atoms with E-state index in [1.54, 1.807) is 12.1 Å². The molecule has 82 valence electrons. The van der Waals surface area contributed by atoms with Gasteiger partial charge in [-0.3, -0.25) is 0 Å². The zero-order chi connectivity index (χ0) is 11.1. The van der Waals surface area contributed by atoms with Gasteiger partial charge in [0.1, 0.15) is 6.61 Å². The maximum Gasteiger partial charge on any atom is 0.165 e. The van der Waals surface area contributed by atoms with Crippen LogP contribution in [0.25, 0.3) is 0 Å². The quantitative estimate of drug-likeness (QED) is 0.670. The summed E-state index contributed by atoms with van der Waals surface area (Å²) in [7, 11) is 0. The van der Waals surface area contributed by atoms with Crippen molar-refractivity contribution in [3.63, 3.8) is 0 Å². The maximum absolute atomic E-state index is 13.5. The van der Waals surface area contributed by atoms with Crippen LogP contribution in [0.2, 0.25) is 0 Å². The Labute approximate surface area is 90.6 Å². The van der Waals surface area contributed by atoms with Crippen molar-refractivity contribution >= 4 is 0 Å². The van der Waals surface area contributed by atoms with Crippen molar-refractivity contribution < 1.29 is 9.13 Å². The first-order valence-corrected chi connectivity index (χ1v) is 5.30. The smallest absolute Gasteiger partial charge is 0.165 e. The van der Waals surface area contributed by atoms with Crippen LogP contribution in [-0.4, -0.2) is 6.61 Å². The zero-order valence-corrected chi connectivity index (χ0v) is 9.29. The molecule has 0 spiro atoms. The second kappa shape index (κ2) is 6.23. The molecule has 0 saturated heterocycles. The lowest BCUT2D eigenvalue weighted by atomic mass is 10.1. The van der Waals surface area contributed by atoms with Gasteiger partial charge in [0, 0.05) is 0 Å². The van der Waals surface area contributed by atoms with Crippen molar-refractivity contribution in [2.45, 2.75) is 26.7 Å². The third kappa shape index (κ3) is 3.74. The Morgan fingerprint density at radius 3 is 2.80 bits per heavy atom. The van der Waals surface area contributed by atoms with Crippen molar-refractivity contribution in [1.82, 2.24) is 0 Å². The predicted molar refractivity (Wildman–Crippen MR) is 60.7 cm³/mol. The molecule has 1 rings (SSSR count). The summed E-state index contributed by atoms with van der Waals surface area (Å²) in [5.41, 5.74) is 1.02. The van der Waals surface area contributed by atoms with E-state index in [-0.39, 0.29) is 5.82 Å². The van der Waals surface area contributed by atoms with Gasteiger partial charge in [-0.25, -0.2) is 4.39 Å². The minimum Gasteiger partial charge on any atom is -0.486 e. The van der Waals surface area contributed by atoms with Crippen molar-refractivity contribution in [2.24, 2.45) is 0 Å². The van der Waals surface area contributed by atoms with Gasteiger partial charge >= 0.3 is 0 Å². The Bertz CT molecular complexity index is 331. The van der Waals surface area contributed by atoms with Crippen LogP contribution >= 0.6 is 0 Å². The monoisotopic (exact) mass is 208 g/mol. The van der Waals surface area contributed by atoms with Gasteiger partial charge in [0.05, 0.1) is 0 Å². The molecule has 0 amide bonds. The summed E-state index contributed by atoms with van der Waals surface area (Å²) in [4.78, 5) is 0. The molecule has 0 atom stereocenters. The van der Waals surface area contributed by atoms with Gasteiger partial charge in [-0.15, -0.1) is 0 Å². The average Bonchev–Trinajstić information content (AvgIpc) is 2.22. The first kappa shape index (κ1) is 11.8. The van der Waals surface area contributed by atoms with Crippen LogP contribution in [0.1, 0.15) is 25.8 Å². The van der Waals surface area contributed by atoms with E-state index in [1.807, 2.05) is 25.1 Å². The summed E-state index contributed by atoms with van der Waals surface area (Å²) in [5, 5.41) is 0. The summed E-state index contributed by atoms with van der Waals surface area (Å²) in [6.45, 7) is 4.40. The molecule has 0 aliphatic heterocycles. The average molecular weight is 208 g/mol. The molecule has 15 heavy (non-hydrogen) atoms. The normalized spacial score (nSPS) is 10.9. The lowest BCUT2D eigenvalue weighted by Crippen LogP contribution is -1.96. The first-order chi connectivity index (χ1) is 7.27. The molecule has 0 aliphatic carbocycles. The lowest BCUT2D eigenvalue weighted by molar-refractivity contribution is 0.341. The molecule has 2 heteroatoms. The minimum absolute atomic E-state index is 0.273. The summed E-state index contributed by atoms with van der Waals surface area (Å²) < 4.78 is 18.7. The van der Waals surface area contributed by atoms with Crippen molar-refractivity contribution in [2.75, 3.05) is 6.61 Å². The molecule has 0 radical (unpaired) electrons. The van der Waals surface area contributed by atoms with E-state index in [0.29, 0.717) is 12.4 Å². The maximum atomic E-state index is 13.5.